The Morgan fingerprint density at radius 1 is 1.30 bits per heavy atom. The van der Waals surface area contributed by atoms with Crippen molar-refractivity contribution in [2.24, 2.45) is 5.73 Å². The second-order valence-electron chi connectivity index (χ2n) is 5.16. The van der Waals surface area contributed by atoms with Crippen LogP contribution >= 0.6 is 0 Å². The van der Waals surface area contributed by atoms with Crippen LogP contribution in [0.4, 0.5) is 17.6 Å². The van der Waals surface area contributed by atoms with Gasteiger partial charge < -0.3 is 11.1 Å². The molecule has 0 aliphatic rings. The minimum absolute atomic E-state index is 0.271. The highest BCUT2D eigenvalue weighted by molar-refractivity contribution is 5.94. The van der Waals surface area contributed by atoms with Gasteiger partial charge in [-0.1, -0.05) is 0 Å². The predicted molar refractivity (Wildman–Crippen MR) is 66.6 cm³/mol. The third-order valence-corrected chi connectivity index (χ3v) is 3.11. The SMILES string of the molecule is CC(N)C(C)(C)NC(=O)c1ccc(F)c(C(F)(F)F)c1. The van der Waals surface area contributed by atoms with Crippen LogP contribution in [0.3, 0.4) is 0 Å². The highest BCUT2D eigenvalue weighted by Crippen LogP contribution is 2.31. The molecule has 0 heterocycles. The quantitative estimate of drug-likeness (QED) is 0.842. The number of amides is 1. The van der Waals surface area contributed by atoms with Crippen molar-refractivity contribution in [3.8, 4) is 0 Å². The fourth-order valence-electron chi connectivity index (χ4n) is 1.36. The minimum Gasteiger partial charge on any atom is -0.346 e. The molecule has 7 heteroatoms. The Kier molecular flexibility index (Phi) is 4.43. The molecule has 0 aromatic heterocycles. The molecule has 20 heavy (non-hydrogen) atoms. The summed E-state index contributed by atoms with van der Waals surface area (Å²) in [6.45, 7) is 4.94. The lowest BCUT2D eigenvalue weighted by Gasteiger charge is -2.30. The molecule has 3 N–H and O–H groups in total. The van der Waals surface area contributed by atoms with Gasteiger partial charge >= 0.3 is 6.18 Å². The van der Waals surface area contributed by atoms with Gasteiger partial charge in [-0.3, -0.25) is 4.79 Å². The second-order valence-corrected chi connectivity index (χ2v) is 5.16. The molecular formula is C13H16F4N2O. The number of alkyl halides is 3. The third kappa shape index (κ3) is 3.69. The van der Waals surface area contributed by atoms with Crippen molar-refractivity contribution in [1.29, 1.82) is 0 Å². The number of carbonyl (C=O) groups is 1. The van der Waals surface area contributed by atoms with Crippen molar-refractivity contribution >= 4 is 5.91 Å². The molecule has 0 saturated heterocycles. The van der Waals surface area contributed by atoms with E-state index in [1.807, 2.05) is 0 Å². The summed E-state index contributed by atoms with van der Waals surface area (Å²) in [5.41, 5.74) is 3.12. The smallest absolute Gasteiger partial charge is 0.346 e. The van der Waals surface area contributed by atoms with Crippen LogP contribution in [-0.4, -0.2) is 17.5 Å². The lowest BCUT2D eigenvalue weighted by Crippen LogP contribution is -2.54. The van der Waals surface area contributed by atoms with Crippen LogP contribution in [0.2, 0.25) is 0 Å². The largest absolute Gasteiger partial charge is 0.419 e. The van der Waals surface area contributed by atoms with Gasteiger partial charge in [0.05, 0.1) is 5.56 Å². The van der Waals surface area contributed by atoms with Crippen molar-refractivity contribution in [2.75, 3.05) is 0 Å². The van der Waals surface area contributed by atoms with E-state index in [0.29, 0.717) is 12.1 Å². The van der Waals surface area contributed by atoms with E-state index in [1.54, 1.807) is 20.8 Å². The van der Waals surface area contributed by atoms with Gasteiger partial charge in [-0.05, 0) is 39.0 Å². The first-order valence-corrected chi connectivity index (χ1v) is 5.90. The Hall–Kier alpha value is -1.63. The Morgan fingerprint density at radius 2 is 1.85 bits per heavy atom. The fraction of sp³-hybridized carbons (Fsp3) is 0.462. The minimum atomic E-state index is -4.85. The number of benzene rings is 1. The number of halogens is 4. The van der Waals surface area contributed by atoms with Gasteiger partial charge in [0.1, 0.15) is 5.82 Å². The molecule has 0 radical (unpaired) electrons. The van der Waals surface area contributed by atoms with Crippen LogP contribution in [0, 0.1) is 5.82 Å². The number of rotatable bonds is 3. The van der Waals surface area contributed by atoms with Gasteiger partial charge in [0.15, 0.2) is 0 Å². The summed E-state index contributed by atoms with van der Waals surface area (Å²) in [6.07, 6.45) is -4.85. The zero-order valence-electron chi connectivity index (χ0n) is 11.3. The highest BCUT2D eigenvalue weighted by atomic mass is 19.4. The first-order valence-electron chi connectivity index (χ1n) is 5.90. The first kappa shape index (κ1) is 16.4. The summed E-state index contributed by atoms with van der Waals surface area (Å²) in [7, 11) is 0. The molecule has 0 aliphatic heterocycles. The highest BCUT2D eigenvalue weighted by Gasteiger charge is 2.35. The van der Waals surface area contributed by atoms with Crippen LogP contribution in [0.25, 0.3) is 0 Å². The molecule has 112 valence electrons. The van der Waals surface area contributed by atoms with Gasteiger partial charge in [0, 0.05) is 17.1 Å². The molecule has 0 saturated carbocycles. The van der Waals surface area contributed by atoms with Gasteiger partial charge in [0.2, 0.25) is 0 Å². The van der Waals surface area contributed by atoms with Gasteiger partial charge in [0.25, 0.3) is 5.91 Å². The summed E-state index contributed by atoms with van der Waals surface area (Å²) in [5, 5.41) is 2.52. The summed E-state index contributed by atoms with van der Waals surface area (Å²) in [6, 6.07) is 1.70. The number of carbonyl (C=O) groups excluding carboxylic acids is 1. The lowest BCUT2D eigenvalue weighted by atomic mass is 9.96. The summed E-state index contributed by atoms with van der Waals surface area (Å²) < 4.78 is 50.8. The van der Waals surface area contributed by atoms with E-state index < -0.39 is 35.0 Å². The molecule has 0 bridgehead atoms. The summed E-state index contributed by atoms with van der Waals surface area (Å²) in [4.78, 5) is 11.9. The van der Waals surface area contributed by atoms with E-state index in [0.717, 1.165) is 6.07 Å². The maximum Gasteiger partial charge on any atom is 0.419 e. The van der Waals surface area contributed by atoms with Gasteiger partial charge in [-0.25, -0.2) is 4.39 Å². The lowest BCUT2D eigenvalue weighted by molar-refractivity contribution is -0.140. The predicted octanol–water partition coefficient (Wildman–Crippen LogP) is 2.70. The first-order chi connectivity index (χ1) is 8.95. The monoisotopic (exact) mass is 292 g/mol. The van der Waals surface area contributed by atoms with E-state index in [2.05, 4.69) is 5.32 Å². The van der Waals surface area contributed by atoms with E-state index in [4.69, 9.17) is 5.73 Å². The van der Waals surface area contributed by atoms with Crippen LogP contribution < -0.4 is 11.1 Å². The Morgan fingerprint density at radius 3 is 2.30 bits per heavy atom. The van der Waals surface area contributed by atoms with Crippen molar-refractivity contribution in [2.45, 2.75) is 38.5 Å². The van der Waals surface area contributed by atoms with Crippen LogP contribution in [0.15, 0.2) is 18.2 Å². The molecule has 3 nitrogen and oxygen atoms in total. The maximum atomic E-state index is 13.1. The fourth-order valence-corrected chi connectivity index (χ4v) is 1.36. The second kappa shape index (κ2) is 5.40. The van der Waals surface area contributed by atoms with E-state index in [-0.39, 0.29) is 5.56 Å². The van der Waals surface area contributed by atoms with Crippen molar-refractivity contribution in [1.82, 2.24) is 5.32 Å². The Bertz CT molecular complexity index is 510. The zero-order chi connectivity index (χ0) is 15.7. The molecular weight excluding hydrogens is 276 g/mol. The van der Waals surface area contributed by atoms with Crippen molar-refractivity contribution in [3.63, 3.8) is 0 Å². The topological polar surface area (TPSA) is 55.1 Å². The van der Waals surface area contributed by atoms with Gasteiger partial charge in [-0.15, -0.1) is 0 Å². The average molecular weight is 292 g/mol. The van der Waals surface area contributed by atoms with Crippen LogP contribution in [0.5, 0.6) is 0 Å². The molecule has 1 atom stereocenters. The van der Waals surface area contributed by atoms with Crippen molar-refractivity contribution in [3.05, 3.63) is 35.1 Å². The number of hydrogen-bond acceptors (Lipinski definition) is 2. The number of hydrogen-bond donors (Lipinski definition) is 2. The standard InChI is InChI=1S/C13H16F4N2O/c1-7(18)12(2,3)19-11(20)8-4-5-10(14)9(6-8)13(15,16)17/h4-7H,18H2,1-3H3,(H,19,20). The normalized spacial score (nSPS) is 14.0. The molecule has 1 amide bonds. The number of nitrogens with two attached hydrogens (primary N) is 1. The molecule has 1 aromatic rings. The van der Waals surface area contributed by atoms with Crippen LogP contribution in [0.1, 0.15) is 36.7 Å². The average Bonchev–Trinajstić information content (AvgIpc) is 2.26. The third-order valence-electron chi connectivity index (χ3n) is 3.11. The zero-order valence-corrected chi connectivity index (χ0v) is 11.3. The van der Waals surface area contributed by atoms with E-state index in [1.165, 1.54) is 0 Å². The maximum absolute atomic E-state index is 13.1. The molecule has 1 unspecified atom stereocenters. The molecule has 0 aliphatic carbocycles. The van der Waals surface area contributed by atoms with E-state index >= 15 is 0 Å². The van der Waals surface area contributed by atoms with Crippen molar-refractivity contribution < 1.29 is 22.4 Å². The van der Waals surface area contributed by atoms with Crippen LogP contribution in [-0.2, 0) is 6.18 Å². The van der Waals surface area contributed by atoms with Gasteiger partial charge in [-0.2, -0.15) is 13.2 Å². The molecule has 1 aromatic carbocycles. The summed E-state index contributed by atoms with van der Waals surface area (Å²) >= 11 is 0. The number of nitrogens with one attached hydrogen (secondary N) is 1. The molecule has 1 rings (SSSR count). The Labute approximate surface area is 114 Å². The Balaban J connectivity index is 3.07. The van der Waals surface area contributed by atoms with E-state index in [9.17, 15) is 22.4 Å². The molecule has 0 fully saturated rings. The molecule has 0 spiro atoms. The summed E-state index contributed by atoms with van der Waals surface area (Å²) in [5.74, 6) is -2.15.